The minimum absolute atomic E-state index is 0.162. The molecular formula is C17H26N4OS. The highest BCUT2D eigenvalue weighted by Gasteiger charge is 2.09. The minimum Gasteiger partial charge on any atom is -0.337 e. The van der Waals surface area contributed by atoms with Crippen LogP contribution in [0.2, 0.25) is 0 Å². The number of hydrogen-bond donors (Lipinski definition) is 2. The lowest BCUT2D eigenvalue weighted by Crippen LogP contribution is -2.36. The smallest absolute Gasteiger partial charge is 0.319 e. The number of urea groups is 1. The Kier molecular flexibility index (Phi) is 6.36. The van der Waals surface area contributed by atoms with Crippen LogP contribution in [0.25, 0.3) is 10.2 Å². The Morgan fingerprint density at radius 2 is 2.04 bits per heavy atom. The summed E-state index contributed by atoms with van der Waals surface area (Å²) < 4.78 is 1.11. The number of nitrogens with zero attached hydrogens (tertiary/aromatic N) is 2. The summed E-state index contributed by atoms with van der Waals surface area (Å²) >= 11 is 1.68. The number of thiazole rings is 1. The molecule has 1 aromatic carbocycles. The van der Waals surface area contributed by atoms with Crippen LogP contribution in [0.5, 0.6) is 0 Å². The molecule has 2 aromatic rings. The van der Waals surface area contributed by atoms with Crippen LogP contribution in [0.3, 0.4) is 0 Å². The van der Waals surface area contributed by atoms with Crippen LogP contribution in [0.4, 0.5) is 10.5 Å². The third kappa shape index (κ3) is 4.91. The SMILES string of the molecule is CCN(CC)CCNC(=O)Nc1ccc2nc(C(C)C)sc2c1. The average molecular weight is 334 g/mol. The average Bonchev–Trinajstić information content (AvgIpc) is 2.95. The van der Waals surface area contributed by atoms with Crippen LogP contribution >= 0.6 is 11.3 Å². The molecule has 2 N–H and O–H groups in total. The van der Waals surface area contributed by atoms with Crippen molar-refractivity contribution in [2.45, 2.75) is 33.6 Å². The molecule has 0 aliphatic heterocycles. The normalized spacial score (nSPS) is 11.4. The number of aromatic nitrogens is 1. The van der Waals surface area contributed by atoms with Crippen molar-refractivity contribution < 1.29 is 4.79 Å². The van der Waals surface area contributed by atoms with Gasteiger partial charge in [-0.2, -0.15) is 0 Å². The molecule has 2 amide bonds. The lowest BCUT2D eigenvalue weighted by molar-refractivity contribution is 0.248. The first-order chi connectivity index (χ1) is 11.0. The Balaban J connectivity index is 1.91. The second kappa shape index (κ2) is 8.26. The number of amides is 2. The van der Waals surface area contributed by atoms with Crippen molar-refractivity contribution in [2.24, 2.45) is 0 Å². The molecule has 0 atom stereocenters. The highest BCUT2D eigenvalue weighted by Crippen LogP contribution is 2.29. The zero-order valence-electron chi connectivity index (χ0n) is 14.3. The summed E-state index contributed by atoms with van der Waals surface area (Å²) in [5.74, 6) is 0.423. The van der Waals surface area contributed by atoms with E-state index in [0.717, 1.165) is 40.5 Å². The molecule has 126 valence electrons. The maximum absolute atomic E-state index is 12.0. The van der Waals surface area contributed by atoms with E-state index in [4.69, 9.17) is 0 Å². The zero-order chi connectivity index (χ0) is 16.8. The van der Waals surface area contributed by atoms with Crippen molar-refractivity contribution in [1.29, 1.82) is 0 Å². The first kappa shape index (κ1) is 17.7. The van der Waals surface area contributed by atoms with E-state index in [9.17, 15) is 4.79 Å². The molecule has 0 spiro atoms. The summed E-state index contributed by atoms with van der Waals surface area (Å²) in [6.45, 7) is 12.0. The molecule has 2 rings (SSSR count). The van der Waals surface area contributed by atoms with Gasteiger partial charge in [0, 0.05) is 24.7 Å². The number of benzene rings is 1. The van der Waals surface area contributed by atoms with Gasteiger partial charge in [-0.05, 0) is 31.3 Å². The summed E-state index contributed by atoms with van der Waals surface area (Å²) in [7, 11) is 0. The summed E-state index contributed by atoms with van der Waals surface area (Å²) in [5.41, 5.74) is 1.79. The van der Waals surface area contributed by atoms with E-state index in [2.05, 4.69) is 48.2 Å². The van der Waals surface area contributed by atoms with Gasteiger partial charge in [-0.25, -0.2) is 9.78 Å². The summed E-state index contributed by atoms with van der Waals surface area (Å²) in [5, 5.41) is 6.92. The van der Waals surface area contributed by atoms with Crippen molar-refractivity contribution in [2.75, 3.05) is 31.5 Å². The topological polar surface area (TPSA) is 57.3 Å². The molecule has 0 fully saturated rings. The number of anilines is 1. The van der Waals surface area contributed by atoms with E-state index < -0.39 is 0 Å². The fourth-order valence-electron chi connectivity index (χ4n) is 2.31. The Hall–Kier alpha value is -1.66. The second-order valence-electron chi connectivity index (χ2n) is 5.80. The van der Waals surface area contributed by atoms with Crippen LogP contribution in [-0.2, 0) is 0 Å². The summed E-state index contributed by atoms with van der Waals surface area (Å²) in [6.07, 6.45) is 0. The number of rotatable bonds is 7. The molecule has 1 heterocycles. The van der Waals surface area contributed by atoms with Crippen molar-refractivity contribution in [3.63, 3.8) is 0 Å². The Morgan fingerprint density at radius 3 is 2.70 bits per heavy atom. The Bertz CT molecular complexity index is 649. The molecule has 23 heavy (non-hydrogen) atoms. The molecule has 5 nitrogen and oxygen atoms in total. The highest BCUT2D eigenvalue weighted by molar-refractivity contribution is 7.18. The van der Waals surface area contributed by atoms with Gasteiger partial charge in [0.2, 0.25) is 0 Å². The molecule has 0 aliphatic carbocycles. The fraction of sp³-hybridized carbons (Fsp3) is 0.529. The van der Waals surface area contributed by atoms with Crippen molar-refractivity contribution in [1.82, 2.24) is 15.2 Å². The lowest BCUT2D eigenvalue weighted by atomic mass is 10.2. The number of nitrogens with one attached hydrogen (secondary N) is 2. The van der Waals surface area contributed by atoms with Gasteiger partial charge in [0.15, 0.2) is 0 Å². The van der Waals surface area contributed by atoms with Gasteiger partial charge >= 0.3 is 6.03 Å². The number of likely N-dealkylation sites (N-methyl/N-ethyl adjacent to an activating group) is 1. The van der Waals surface area contributed by atoms with E-state index in [0.29, 0.717) is 12.5 Å². The monoisotopic (exact) mass is 334 g/mol. The molecule has 0 bridgehead atoms. The van der Waals surface area contributed by atoms with Gasteiger partial charge in [-0.15, -0.1) is 11.3 Å². The zero-order valence-corrected chi connectivity index (χ0v) is 15.2. The van der Waals surface area contributed by atoms with E-state index in [1.165, 1.54) is 0 Å². The third-order valence-corrected chi connectivity index (χ3v) is 5.08. The Labute approximate surface area is 142 Å². The van der Waals surface area contributed by atoms with Crippen LogP contribution in [-0.4, -0.2) is 42.1 Å². The molecule has 0 radical (unpaired) electrons. The van der Waals surface area contributed by atoms with Crippen LogP contribution in [0, 0.1) is 0 Å². The predicted octanol–water partition coefficient (Wildman–Crippen LogP) is 3.88. The second-order valence-corrected chi connectivity index (χ2v) is 6.86. The number of fused-ring (bicyclic) bond motifs is 1. The summed E-state index contributed by atoms with van der Waals surface area (Å²) in [6, 6.07) is 5.69. The predicted molar refractivity (Wildman–Crippen MR) is 98.5 cm³/mol. The fourth-order valence-corrected chi connectivity index (χ4v) is 3.32. The van der Waals surface area contributed by atoms with E-state index in [1.54, 1.807) is 11.3 Å². The van der Waals surface area contributed by atoms with Gasteiger partial charge in [0.05, 0.1) is 15.2 Å². The lowest BCUT2D eigenvalue weighted by Gasteiger charge is -2.18. The quantitative estimate of drug-likeness (QED) is 0.808. The van der Waals surface area contributed by atoms with E-state index >= 15 is 0 Å². The largest absolute Gasteiger partial charge is 0.337 e. The molecular weight excluding hydrogens is 308 g/mol. The Morgan fingerprint density at radius 1 is 1.30 bits per heavy atom. The van der Waals surface area contributed by atoms with Crippen LogP contribution in [0.15, 0.2) is 18.2 Å². The van der Waals surface area contributed by atoms with Gasteiger partial charge in [0.25, 0.3) is 0 Å². The number of carbonyl (C=O) groups excluding carboxylic acids is 1. The van der Waals surface area contributed by atoms with Gasteiger partial charge in [-0.3, -0.25) is 0 Å². The molecule has 0 unspecified atom stereocenters. The number of hydrogen-bond acceptors (Lipinski definition) is 4. The van der Waals surface area contributed by atoms with E-state index in [-0.39, 0.29) is 6.03 Å². The van der Waals surface area contributed by atoms with Crippen LogP contribution < -0.4 is 10.6 Å². The first-order valence-electron chi connectivity index (χ1n) is 8.21. The van der Waals surface area contributed by atoms with Crippen molar-refractivity contribution in [3.8, 4) is 0 Å². The van der Waals surface area contributed by atoms with Crippen LogP contribution in [0.1, 0.15) is 38.6 Å². The van der Waals surface area contributed by atoms with Gasteiger partial charge < -0.3 is 15.5 Å². The molecule has 0 saturated heterocycles. The highest BCUT2D eigenvalue weighted by atomic mass is 32.1. The molecule has 0 saturated carbocycles. The minimum atomic E-state index is -0.162. The number of carbonyl (C=O) groups is 1. The maximum atomic E-state index is 12.0. The van der Waals surface area contributed by atoms with Crippen molar-refractivity contribution in [3.05, 3.63) is 23.2 Å². The van der Waals surface area contributed by atoms with Crippen molar-refractivity contribution >= 4 is 33.3 Å². The summed E-state index contributed by atoms with van der Waals surface area (Å²) in [4.78, 5) is 18.8. The van der Waals surface area contributed by atoms with Gasteiger partial charge in [-0.1, -0.05) is 27.7 Å². The maximum Gasteiger partial charge on any atom is 0.319 e. The third-order valence-electron chi connectivity index (χ3n) is 3.76. The first-order valence-corrected chi connectivity index (χ1v) is 9.02. The van der Waals surface area contributed by atoms with Gasteiger partial charge in [0.1, 0.15) is 0 Å². The van der Waals surface area contributed by atoms with E-state index in [1.807, 2.05) is 18.2 Å². The molecule has 0 aliphatic rings. The standard InChI is InChI=1S/C17H26N4OS/c1-5-21(6-2)10-9-18-17(22)19-13-7-8-14-15(11-13)23-16(20-14)12(3)4/h7-8,11-12H,5-6,9-10H2,1-4H3,(H2,18,19,22). The molecule has 6 heteroatoms. The molecule has 1 aromatic heterocycles.